The van der Waals surface area contributed by atoms with Gasteiger partial charge in [0.1, 0.15) is 11.5 Å². The van der Waals surface area contributed by atoms with Gasteiger partial charge < -0.3 is 20.1 Å². The normalized spacial score (nSPS) is 15.9. The van der Waals surface area contributed by atoms with E-state index in [4.69, 9.17) is 9.47 Å². The van der Waals surface area contributed by atoms with Crippen LogP contribution in [0, 0.1) is 5.92 Å². The molecule has 0 bridgehead atoms. The Labute approximate surface area is 158 Å². The molecule has 2 N–H and O–H groups in total. The van der Waals surface area contributed by atoms with Crippen LogP contribution in [0.15, 0.2) is 23.6 Å². The smallest absolute Gasteiger partial charge is 0.319 e. The van der Waals surface area contributed by atoms with Gasteiger partial charge in [-0.05, 0) is 60.2 Å². The molecule has 140 valence electrons. The first-order valence-corrected chi connectivity index (χ1v) is 9.83. The van der Waals surface area contributed by atoms with Crippen molar-refractivity contribution >= 4 is 23.1 Å². The molecular formula is C20H26N2O3S. The van der Waals surface area contributed by atoms with E-state index < -0.39 is 0 Å². The van der Waals surface area contributed by atoms with Gasteiger partial charge in [0, 0.05) is 17.5 Å². The molecule has 3 rings (SSSR count). The number of carbonyl (C=O) groups is 1. The van der Waals surface area contributed by atoms with Crippen molar-refractivity contribution < 1.29 is 14.3 Å². The second-order valence-electron chi connectivity index (χ2n) is 6.71. The summed E-state index contributed by atoms with van der Waals surface area (Å²) < 4.78 is 10.5. The second kappa shape index (κ2) is 8.45. The van der Waals surface area contributed by atoms with Gasteiger partial charge in [-0.2, -0.15) is 0 Å². The summed E-state index contributed by atoms with van der Waals surface area (Å²) in [6.07, 6.45) is 4.51. The fraction of sp³-hybridized carbons (Fsp3) is 0.450. The molecule has 0 spiro atoms. The van der Waals surface area contributed by atoms with Crippen molar-refractivity contribution in [1.82, 2.24) is 5.32 Å². The van der Waals surface area contributed by atoms with Crippen LogP contribution in [0.5, 0.6) is 11.5 Å². The van der Waals surface area contributed by atoms with Crippen molar-refractivity contribution in [2.75, 3.05) is 26.1 Å². The van der Waals surface area contributed by atoms with Gasteiger partial charge in [-0.1, -0.05) is 6.92 Å². The molecule has 6 heteroatoms. The highest BCUT2D eigenvalue weighted by Crippen LogP contribution is 2.33. The minimum absolute atomic E-state index is 0.230. The number of thiophene rings is 1. The van der Waals surface area contributed by atoms with E-state index in [9.17, 15) is 4.79 Å². The molecule has 1 aromatic heterocycles. The molecule has 0 aliphatic heterocycles. The molecule has 26 heavy (non-hydrogen) atoms. The third-order valence-electron chi connectivity index (χ3n) is 4.83. The van der Waals surface area contributed by atoms with E-state index in [0.29, 0.717) is 23.7 Å². The number of rotatable bonds is 6. The summed E-state index contributed by atoms with van der Waals surface area (Å²) in [5, 5.41) is 8.02. The summed E-state index contributed by atoms with van der Waals surface area (Å²) in [4.78, 5) is 13.7. The third-order valence-corrected chi connectivity index (χ3v) is 5.93. The summed E-state index contributed by atoms with van der Waals surface area (Å²) >= 11 is 1.87. The number of hydrogen-bond donors (Lipinski definition) is 2. The number of ether oxygens (including phenoxy) is 2. The van der Waals surface area contributed by atoms with Crippen molar-refractivity contribution in [3.05, 3.63) is 39.6 Å². The molecule has 2 amide bonds. The highest BCUT2D eigenvalue weighted by molar-refractivity contribution is 7.10. The van der Waals surface area contributed by atoms with Gasteiger partial charge in [0.2, 0.25) is 0 Å². The van der Waals surface area contributed by atoms with Crippen LogP contribution in [-0.4, -0.2) is 26.8 Å². The number of hydrogen-bond acceptors (Lipinski definition) is 4. The van der Waals surface area contributed by atoms with Gasteiger partial charge in [0.05, 0.1) is 19.9 Å². The fourth-order valence-electron chi connectivity index (χ4n) is 3.33. The Hall–Kier alpha value is -2.21. The van der Waals surface area contributed by atoms with Gasteiger partial charge in [0.25, 0.3) is 0 Å². The zero-order valence-corrected chi connectivity index (χ0v) is 16.4. The predicted octanol–water partition coefficient (Wildman–Crippen LogP) is 4.25. The summed E-state index contributed by atoms with van der Waals surface area (Å²) in [6.45, 7) is 2.94. The average Bonchev–Trinajstić information content (AvgIpc) is 3.04. The Bertz CT molecular complexity index is 772. The maximum atomic E-state index is 12.2. The van der Waals surface area contributed by atoms with E-state index in [2.05, 4.69) is 22.9 Å². The predicted molar refractivity (Wildman–Crippen MR) is 106 cm³/mol. The zero-order valence-electron chi connectivity index (χ0n) is 15.6. The maximum Gasteiger partial charge on any atom is 0.319 e. The number of urea groups is 1. The average molecular weight is 375 g/mol. The third kappa shape index (κ3) is 4.30. The molecular weight excluding hydrogens is 348 g/mol. The van der Waals surface area contributed by atoms with Gasteiger partial charge >= 0.3 is 6.03 Å². The highest BCUT2D eigenvalue weighted by Gasteiger charge is 2.19. The van der Waals surface area contributed by atoms with Crippen LogP contribution >= 0.6 is 11.3 Å². The van der Waals surface area contributed by atoms with Crippen LogP contribution < -0.4 is 20.1 Å². The van der Waals surface area contributed by atoms with E-state index in [1.165, 1.54) is 35.3 Å². The number of benzene rings is 1. The standard InChI is InChI=1S/C20H26N2O3S/c1-13-4-6-16-14(12-26-19(16)10-13)8-9-21-20(23)22-17-7-5-15(24-2)11-18(17)25-3/h5,7,11-13H,4,6,8-10H2,1-3H3,(H2,21,22,23)/t13-/m1/s1. The number of fused-ring (bicyclic) bond motifs is 1. The lowest BCUT2D eigenvalue weighted by molar-refractivity contribution is 0.252. The Morgan fingerprint density at radius 3 is 2.92 bits per heavy atom. The quantitative estimate of drug-likeness (QED) is 0.794. The number of anilines is 1. The molecule has 2 aromatic rings. The van der Waals surface area contributed by atoms with Crippen LogP contribution in [0.1, 0.15) is 29.3 Å². The number of carbonyl (C=O) groups excluding carboxylic acids is 1. The summed E-state index contributed by atoms with van der Waals surface area (Å²) in [5.41, 5.74) is 3.53. The molecule has 1 aliphatic carbocycles. The molecule has 0 fully saturated rings. The molecule has 0 saturated heterocycles. The van der Waals surface area contributed by atoms with Gasteiger partial charge in [0.15, 0.2) is 0 Å². The van der Waals surface area contributed by atoms with Gasteiger partial charge in [-0.3, -0.25) is 0 Å². The largest absolute Gasteiger partial charge is 0.497 e. The first-order valence-electron chi connectivity index (χ1n) is 8.95. The molecule has 1 aliphatic rings. The Kier molecular flexibility index (Phi) is 6.04. The summed E-state index contributed by atoms with van der Waals surface area (Å²) in [5.74, 6) is 2.04. The highest BCUT2D eigenvalue weighted by atomic mass is 32.1. The monoisotopic (exact) mass is 374 g/mol. The number of amides is 2. The Morgan fingerprint density at radius 2 is 2.15 bits per heavy atom. The minimum atomic E-state index is -0.230. The second-order valence-corrected chi connectivity index (χ2v) is 7.67. The van der Waals surface area contributed by atoms with E-state index in [1.807, 2.05) is 11.3 Å². The summed E-state index contributed by atoms with van der Waals surface area (Å²) in [7, 11) is 3.16. The number of nitrogens with one attached hydrogen (secondary N) is 2. The first kappa shape index (κ1) is 18.6. The molecule has 0 unspecified atom stereocenters. The molecule has 5 nitrogen and oxygen atoms in total. The fourth-order valence-corrected chi connectivity index (χ4v) is 4.63. The van der Waals surface area contributed by atoms with Crippen LogP contribution in [-0.2, 0) is 19.3 Å². The van der Waals surface area contributed by atoms with Crippen molar-refractivity contribution in [1.29, 1.82) is 0 Å². The van der Waals surface area contributed by atoms with E-state index in [1.54, 1.807) is 32.4 Å². The zero-order chi connectivity index (χ0) is 18.5. The van der Waals surface area contributed by atoms with Crippen molar-refractivity contribution in [3.63, 3.8) is 0 Å². The Morgan fingerprint density at radius 1 is 1.31 bits per heavy atom. The van der Waals surface area contributed by atoms with Crippen LogP contribution in [0.4, 0.5) is 10.5 Å². The number of methoxy groups -OCH3 is 2. The molecule has 0 radical (unpaired) electrons. The maximum absolute atomic E-state index is 12.2. The first-order chi connectivity index (χ1) is 12.6. The van der Waals surface area contributed by atoms with E-state index in [-0.39, 0.29) is 6.03 Å². The molecule has 1 heterocycles. The van der Waals surface area contributed by atoms with E-state index in [0.717, 1.165) is 12.3 Å². The SMILES string of the molecule is COc1ccc(NC(=O)NCCc2csc3c2CC[C@@H](C)C3)c(OC)c1. The lowest BCUT2D eigenvalue weighted by Crippen LogP contribution is -2.30. The van der Waals surface area contributed by atoms with E-state index >= 15 is 0 Å². The lowest BCUT2D eigenvalue weighted by atomic mass is 9.88. The van der Waals surface area contributed by atoms with Crippen molar-refractivity contribution in [2.24, 2.45) is 5.92 Å². The van der Waals surface area contributed by atoms with Crippen LogP contribution in [0.3, 0.4) is 0 Å². The topological polar surface area (TPSA) is 59.6 Å². The van der Waals surface area contributed by atoms with Gasteiger partial charge in [-0.25, -0.2) is 4.79 Å². The molecule has 1 atom stereocenters. The van der Waals surface area contributed by atoms with Crippen molar-refractivity contribution in [3.8, 4) is 11.5 Å². The van der Waals surface area contributed by atoms with Crippen molar-refractivity contribution in [2.45, 2.75) is 32.6 Å². The minimum Gasteiger partial charge on any atom is -0.497 e. The molecule has 1 aromatic carbocycles. The van der Waals surface area contributed by atoms with Gasteiger partial charge in [-0.15, -0.1) is 11.3 Å². The summed E-state index contributed by atoms with van der Waals surface area (Å²) in [6, 6.07) is 5.07. The van der Waals surface area contributed by atoms with Crippen LogP contribution in [0.2, 0.25) is 0 Å². The Balaban J connectivity index is 1.52. The lowest BCUT2D eigenvalue weighted by Gasteiger charge is -2.19. The molecule has 0 saturated carbocycles. The van der Waals surface area contributed by atoms with Crippen LogP contribution in [0.25, 0.3) is 0 Å².